The first kappa shape index (κ1) is 12.4. The van der Waals surface area contributed by atoms with Crippen LogP contribution in [0.5, 0.6) is 0 Å². The van der Waals surface area contributed by atoms with Crippen LogP contribution in [0.25, 0.3) is 0 Å². The van der Waals surface area contributed by atoms with Gasteiger partial charge in [0.1, 0.15) is 5.76 Å². The van der Waals surface area contributed by atoms with Crippen molar-refractivity contribution in [2.45, 2.75) is 13.2 Å². The van der Waals surface area contributed by atoms with Crippen LogP contribution in [0.1, 0.15) is 21.7 Å². The molecule has 0 saturated carbocycles. The molecular weight excluding hydrogens is 230 g/mol. The highest BCUT2D eigenvalue weighted by atomic mass is 16.5. The Kier molecular flexibility index (Phi) is 4.15. The molecule has 1 amide bonds. The molecule has 0 aliphatic rings. The summed E-state index contributed by atoms with van der Waals surface area (Å²) < 4.78 is 10.2. The Balaban J connectivity index is 1.92. The number of carbonyl (C=O) groups is 1. The van der Waals surface area contributed by atoms with E-state index in [4.69, 9.17) is 9.15 Å². The summed E-state index contributed by atoms with van der Waals surface area (Å²) in [6.07, 6.45) is 1.58. The summed E-state index contributed by atoms with van der Waals surface area (Å²) in [6, 6.07) is 10.9. The smallest absolute Gasteiger partial charge is 0.251 e. The maximum absolute atomic E-state index is 11.8. The number of benzene rings is 1. The molecule has 4 heteroatoms. The lowest BCUT2D eigenvalue weighted by molar-refractivity contribution is 0.0948. The summed E-state index contributed by atoms with van der Waals surface area (Å²) in [5, 5.41) is 2.79. The van der Waals surface area contributed by atoms with Gasteiger partial charge in [0.15, 0.2) is 0 Å². The van der Waals surface area contributed by atoms with Crippen molar-refractivity contribution in [1.29, 1.82) is 0 Å². The van der Waals surface area contributed by atoms with E-state index in [-0.39, 0.29) is 5.91 Å². The van der Waals surface area contributed by atoms with Crippen LogP contribution in [0, 0.1) is 0 Å². The van der Waals surface area contributed by atoms with Crippen LogP contribution < -0.4 is 5.32 Å². The summed E-state index contributed by atoms with van der Waals surface area (Å²) in [5.41, 5.74) is 1.67. The van der Waals surface area contributed by atoms with Gasteiger partial charge in [-0.3, -0.25) is 4.79 Å². The zero-order valence-corrected chi connectivity index (χ0v) is 10.2. The number of methoxy groups -OCH3 is 1. The minimum atomic E-state index is -0.115. The molecule has 0 atom stereocenters. The van der Waals surface area contributed by atoms with Crippen LogP contribution in [0.3, 0.4) is 0 Å². The van der Waals surface area contributed by atoms with Crippen molar-refractivity contribution in [2.75, 3.05) is 7.11 Å². The van der Waals surface area contributed by atoms with Gasteiger partial charge >= 0.3 is 0 Å². The zero-order valence-electron chi connectivity index (χ0n) is 10.2. The molecule has 0 unspecified atom stereocenters. The Hall–Kier alpha value is -2.07. The molecule has 2 rings (SSSR count). The van der Waals surface area contributed by atoms with Gasteiger partial charge in [0.05, 0.1) is 19.4 Å². The summed E-state index contributed by atoms with van der Waals surface area (Å²) in [7, 11) is 1.64. The minimum Gasteiger partial charge on any atom is -0.467 e. The van der Waals surface area contributed by atoms with Crippen LogP contribution in [0.15, 0.2) is 47.1 Å². The first-order chi connectivity index (χ1) is 8.79. The van der Waals surface area contributed by atoms with Crippen LogP contribution in [-0.4, -0.2) is 13.0 Å². The highest BCUT2D eigenvalue weighted by Gasteiger charge is 2.05. The maximum atomic E-state index is 11.8. The van der Waals surface area contributed by atoms with E-state index in [0.717, 1.165) is 11.3 Å². The number of hydrogen-bond donors (Lipinski definition) is 1. The molecule has 1 aromatic carbocycles. The first-order valence-electron chi connectivity index (χ1n) is 5.68. The van der Waals surface area contributed by atoms with E-state index in [1.54, 1.807) is 31.6 Å². The molecule has 1 heterocycles. The molecule has 18 heavy (non-hydrogen) atoms. The summed E-state index contributed by atoms with van der Waals surface area (Å²) in [5.74, 6) is 0.620. The highest BCUT2D eigenvalue weighted by molar-refractivity contribution is 5.94. The van der Waals surface area contributed by atoms with E-state index >= 15 is 0 Å². The van der Waals surface area contributed by atoms with E-state index in [0.29, 0.717) is 18.7 Å². The summed E-state index contributed by atoms with van der Waals surface area (Å²) >= 11 is 0. The molecule has 0 spiro atoms. The number of ether oxygens (including phenoxy) is 1. The van der Waals surface area contributed by atoms with Crippen LogP contribution in [0.4, 0.5) is 0 Å². The van der Waals surface area contributed by atoms with E-state index in [1.165, 1.54) is 0 Å². The molecule has 0 aliphatic heterocycles. The van der Waals surface area contributed by atoms with Gasteiger partial charge in [0.2, 0.25) is 0 Å². The van der Waals surface area contributed by atoms with Crippen molar-refractivity contribution in [2.24, 2.45) is 0 Å². The third-order valence-corrected chi connectivity index (χ3v) is 2.53. The van der Waals surface area contributed by atoms with Crippen molar-refractivity contribution >= 4 is 5.91 Å². The third kappa shape index (κ3) is 3.21. The average Bonchev–Trinajstić information content (AvgIpc) is 2.90. The topological polar surface area (TPSA) is 51.5 Å². The van der Waals surface area contributed by atoms with Crippen LogP contribution in [-0.2, 0) is 17.9 Å². The second-order valence-corrected chi connectivity index (χ2v) is 3.89. The Morgan fingerprint density at radius 3 is 2.67 bits per heavy atom. The lowest BCUT2D eigenvalue weighted by Gasteiger charge is -2.04. The summed E-state index contributed by atoms with van der Waals surface area (Å²) in [6.45, 7) is 0.944. The van der Waals surface area contributed by atoms with Gasteiger partial charge in [0, 0.05) is 12.7 Å². The van der Waals surface area contributed by atoms with Crippen molar-refractivity contribution in [3.8, 4) is 0 Å². The van der Waals surface area contributed by atoms with Crippen molar-refractivity contribution < 1.29 is 13.9 Å². The van der Waals surface area contributed by atoms with Gasteiger partial charge in [-0.2, -0.15) is 0 Å². The Bertz CT molecular complexity index is 488. The lowest BCUT2D eigenvalue weighted by atomic mass is 10.1. The lowest BCUT2D eigenvalue weighted by Crippen LogP contribution is -2.22. The number of hydrogen-bond acceptors (Lipinski definition) is 3. The number of nitrogens with one attached hydrogen (secondary N) is 1. The predicted molar refractivity (Wildman–Crippen MR) is 67.0 cm³/mol. The second kappa shape index (κ2) is 6.02. The fraction of sp³-hybridized carbons (Fsp3) is 0.214. The van der Waals surface area contributed by atoms with E-state index < -0.39 is 0 Å². The van der Waals surface area contributed by atoms with Gasteiger partial charge in [-0.15, -0.1) is 0 Å². The highest BCUT2D eigenvalue weighted by Crippen LogP contribution is 2.06. The Morgan fingerprint density at radius 2 is 2.06 bits per heavy atom. The Morgan fingerprint density at radius 1 is 1.28 bits per heavy atom. The molecule has 0 radical (unpaired) electrons. The molecule has 4 nitrogen and oxygen atoms in total. The minimum absolute atomic E-state index is 0.115. The van der Waals surface area contributed by atoms with Gasteiger partial charge in [-0.05, 0) is 29.8 Å². The molecular formula is C14H15NO3. The monoisotopic (exact) mass is 245 g/mol. The van der Waals surface area contributed by atoms with Gasteiger partial charge < -0.3 is 14.5 Å². The largest absolute Gasteiger partial charge is 0.467 e. The van der Waals surface area contributed by atoms with Crippen LogP contribution >= 0.6 is 0 Å². The van der Waals surface area contributed by atoms with Crippen molar-refractivity contribution in [3.05, 3.63) is 59.5 Å². The normalized spacial score (nSPS) is 10.3. The molecule has 2 aromatic rings. The fourth-order valence-electron chi connectivity index (χ4n) is 1.60. The van der Waals surface area contributed by atoms with Gasteiger partial charge in [-0.25, -0.2) is 0 Å². The van der Waals surface area contributed by atoms with Gasteiger partial charge in [-0.1, -0.05) is 12.1 Å². The molecule has 0 saturated heterocycles. The SMILES string of the molecule is COCc1ccc(C(=O)NCc2ccco2)cc1. The number of rotatable bonds is 5. The molecule has 1 aromatic heterocycles. The predicted octanol–water partition coefficient (Wildman–Crippen LogP) is 2.36. The molecule has 0 fully saturated rings. The van der Waals surface area contributed by atoms with E-state index in [2.05, 4.69) is 5.32 Å². The number of carbonyl (C=O) groups excluding carboxylic acids is 1. The summed E-state index contributed by atoms with van der Waals surface area (Å²) in [4.78, 5) is 11.8. The maximum Gasteiger partial charge on any atom is 0.251 e. The molecule has 0 bridgehead atoms. The first-order valence-corrected chi connectivity index (χ1v) is 5.68. The fourth-order valence-corrected chi connectivity index (χ4v) is 1.60. The van der Waals surface area contributed by atoms with Crippen molar-refractivity contribution in [1.82, 2.24) is 5.32 Å². The second-order valence-electron chi connectivity index (χ2n) is 3.89. The van der Waals surface area contributed by atoms with Gasteiger partial charge in [0.25, 0.3) is 5.91 Å². The molecule has 94 valence electrons. The number of furan rings is 1. The van der Waals surface area contributed by atoms with Crippen LogP contribution in [0.2, 0.25) is 0 Å². The quantitative estimate of drug-likeness (QED) is 0.879. The van der Waals surface area contributed by atoms with E-state index in [9.17, 15) is 4.79 Å². The number of amides is 1. The molecule has 0 aliphatic carbocycles. The average molecular weight is 245 g/mol. The molecule has 1 N–H and O–H groups in total. The van der Waals surface area contributed by atoms with Crippen molar-refractivity contribution in [3.63, 3.8) is 0 Å². The third-order valence-electron chi connectivity index (χ3n) is 2.53. The zero-order chi connectivity index (χ0) is 12.8. The standard InChI is InChI=1S/C14H15NO3/c1-17-10-11-4-6-12(7-5-11)14(16)15-9-13-3-2-8-18-13/h2-8H,9-10H2,1H3,(H,15,16). The Labute approximate surface area is 106 Å². The van der Waals surface area contributed by atoms with E-state index in [1.807, 2.05) is 18.2 Å².